The van der Waals surface area contributed by atoms with Gasteiger partial charge >= 0.3 is 0 Å². The molecule has 2 heterocycles. The van der Waals surface area contributed by atoms with Crippen LogP contribution in [0.15, 0.2) is 12.1 Å². The Morgan fingerprint density at radius 1 is 1.14 bits per heavy atom. The zero-order valence-electron chi connectivity index (χ0n) is 14.2. The van der Waals surface area contributed by atoms with Gasteiger partial charge in [0.05, 0.1) is 0 Å². The van der Waals surface area contributed by atoms with E-state index in [0.29, 0.717) is 5.41 Å². The zero-order chi connectivity index (χ0) is 15.3. The minimum atomic E-state index is 0.580. The molecule has 0 radical (unpaired) electrons. The molecule has 1 aliphatic heterocycles. The van der Waals surface area contributed by atoms with E-state index in [-0.39, 0.29) is 0 Å². The second kappa shape index (κ2) is 7.26. The van der Waals surface area contributed by atoms with Crippen LogP contribution < -0.4 is 10.2 Å². The number of rotatable bonds is 6. The van der Waals surface area contributed by atoms with Gasteiger partial charge in [0.25, 0.3) is 0 Å². The van der Waals surface area contributed by atoms with Crippen molar-refractivity contribution in [3.63, 3.8) is 0 Å². The van der Waals surface area contributed by atoms with Crippen LogP contribution in [0.5, 0.6) is 0 Å². The normalized spacial score (nSPS) is 18.0. The smallest absolute Gasteiger partial charge is 0.128 e. The van der Waals surface area contributed by atoms with Crippen LogP contribution in [0.4, 0.5) is 5.82 Å². The third-order valence-electron chi connectivity index (χ3n) is 5.39. The van der Waals surface area contributed by atoms with Crippen LogP contribution in [0.3, 0.4) is 0 Å². The highest BCUT2D eigenvalue weighted by Gasteiger charge is 2.31. The number of piperidine rings is 1. The highest BCUT2D eigenvalue weighted by Crippen LogP contribution is 2.38. The molecule has 0 aromatic carbocycles. The van der Waals surface area contributed by atoms with Crippen molar-refractivity contribution >= 4 is 5.82 Å². The van der Waals surface area contributed by atoms with Crippen LogP contribution >= 0.6 is 0 Å². The van der Waals surface area contributed by atoms with Crippen molar-refractivity contribution < 1.29 is 0 Å². The molecule has 21 heavy (non-hydrogen) atoms. The second-order valence-electron chi connectivity index (χ2n) is 6.39. The molecule has 0 saturated carbocycles. The summed E-state index contributed by atoms with van der Waals surface area (Å²) in [4.78, 5) is 7.30. The van der Waals surface area contributed by atoms with Gasteiger partial charge in [-0.1, -0.05) is 39.7 Å². The molecule has 3 heteroatoms. The van der Waals surface area contributed by atoms with Gasteiger partial charge in [-0.05, 0) is 43.4 Å². The van der Waals surface area contributed by atoms with E-state index in [9.17, 15) is 0 Å². The van der Waals surface area contributed by atoms with Crippen LogP contribution in [-0.2, 0) is 6.54 Å². The average molecular weight is 289 g/mol. The predicted molar refractivity (Wildman–Crippen MR) is 90.8 cm³/mol. The van der Waals surface area contributed by atoms with Gasteiger partial charge in [-0.3, -0.25) is 0 Å². The molecule has 1 fully saturated rings. The molecule has 0 atom stereocenters. The lowest BCUT2D eigenvalue weighted by Gasteiger charge is -2.41. The van der Waals surface area contributed by atoms with Gasteiger partial charge in [0.2, 0.25) is 0 Å². The lowest BCUT2D eigenvalue weighted by Crippen LogP contribution is -2.40. The number of anilines is 1. The van der Waals surface area contributed by atoms with Crippen molar-refractivity contribution in [3.8, 4) is 0 Å². The molecular weight excluding hydrogens is 258 g/mol. The Morgan fingerprint density at radius 3 is 2.33 bits per heavy atom. The summed E-state index contributed by atoms with van der Waals surface area (Å²) in [7, 11) is 0. The maximum atomic E-state index is 4.84. The Hall–Kier alpha value is -1.09. The maximum absolute atomic E-state index is 4.84. The lowest BCUT2D eigenvalue weighted by molar-refractivity contribution is 0.199. The molecule has 3 nitrogen and oxygen atoms in total. The molecular formula is C18H31N3. The summed E-state index contributed by atoms with van der Waals surface area (Å²) in [6.07, 6.45) is 5.23. The van der Waals surface area contributed by atoms with Gasteiger partial charge in [-0.25, -0.2) is 4.98 Å². The molecule has 0 amide bonds. The highest BCUT2D eigenvalue weighted by atomic mass is 15.2. The predicted octanol–water partition coefficient (Wildman–Crippen LogP) is 3.91. The second-order valence-corrected chi connectivity index (χ2v) is 6.39. The third kappa shape index (κ3) is 3.76. The minimum absolute atomic E-state index is 0.580. The van der Waals surface area contributed by atoms with Crippen LogP contribution in [-0.4, -0.2) is 24.6 Å². The SMILES string of the molecule is CCNCc1ccc(N2CCC(CC)(CC)CC2)nc1C. The minimum Gasteiger partial charge on any atom is -0.357 e. The molecule has 0 spiro atoms. The summed E-state index contributed by atoms with van der Waals surface area (Å²) in [5.74, 6) is 1.16. The Kier molecular flexibility index (Phi) is 5.63. The van der Waals surface area contributed by atoms with Crippen molar-refractivity contribution in [3.05, 3.63) is 23.4 Å². The van der Waals surface area contributed by atoms with Crippen molar-refractivity contribution in [2.45, 2.75) is 59.9 Å². The largest absolute Gasteiger partial charge is 0.357 e. The van der Waals surface area contributed by atoms with Gasteiger partial charge in [0.1, 0.15) is 5.82 Å². The fraction of sp³-hybridized carbons (Fsp3) is 0.722. The quantitative estimate of drug-likeness (QED) is 0.860. The molecule has 1 aromatic rings. The molecule has 1 saturated heterocycles. The Labute approximate surface area is 130 Å². The summed E-state index contributed by atoms with van der Waals surface area (Å²) in [6.45, 7) is 13.2. The summed E-state index contributed by atoms with van der Waals surface area (Å²) < 4.78 is 0. The number of aryl methyl sites for hydroxylation is 1. The van der Waals surface area contributed by atoms with Crippen molar-refractivity contribution in [1.29, 1.82) is 0 Å². The molecule has 1 aromatic heterocycles. The van der Waals surface area contributed by atoms with E-state index >= 15 is 0 Å². The van der Waals surface area contributed by atoms with Gasteiger partial charge in [0.15, 0.2) is 0 Å². The molecule has 0 unspecified atom stereocenters. The molecule has 1 aliphatic rings. The number of hydrogen-bond donors (Lipinski definition) is 1. The topological polar surface area (TPSA) is 28.2 Å². The summed E-state index contributed by atoms with van der Waals surface area (Å²) in [5, 5.41) is 3.38. The van der Waals surface area contributed by atoms with Crippen LogP contribution in [0.1, 0.15) is 57.7 Å². The standard InChI is InChI=1S/C18H31N3/c1-5-18(6-2)10-12-21(13-11-18)17-9-8-16(14-19-7-3)15(4)20-17/h8-9,19H,5-7,10-14H2,1-4H3. The first kappa shape index (κ1) is 16.3. The van der Waals surface area contributed by atoms with Gasteiger partial charge in [-0.15, -0.1) is 0 Å². The van der Waals surface area contributed by atoms with E-state index in [4.69, 9.17) is 4.98 Å². The number of pyridine rings is 1. The number of nitrogens with one attached hydrogen (secondary N) is 1. The van der Waals surface area contributed by atoms with E-state index in [0.717, 1.165) is 37.7 Å². The zero-order valence-corrected chi connectivity index (χ0v) is 14.2. The first-order valence-corrected chi connectivity index (χ1v) is 8.56. The van der Waals surface area contributed by atoms with Crippen LogP contribution in [0.2, 0.25) is 0 Å². The summed E-state index contributed by atoms with van der Waals surface area (Å²) in [5.41, 5.74) is 3.06. The molecule has 1 N–H and O–H groups in total. The van der Waals surface area contributed by atoms with E-state index < -0.39 is 0 Å². The van der Waals surface area contributed by atoms with Gasteiger partial charge in [-0.2, -0.15) is 0 Å². The Balaban J connectivity index is 2.02. The highest BCUT2D eigenvalue weighted by molar-refractivity contribution is 5.42. The molecule has 118 valence electrons. The Bertz CT molecular complexity index is 442. The van der Waals surface area contributed by atoms with E-state index in [1.54, 1.807) is 0 Å². The number of nitrogens with zero attached hydrogens (tertiary/aromatic N) is 2. The van der Waals surface area contributed by atoms with E-state index in [1.165, 1.54) is 31.2 Å². The molecule has 0 bridgehead atoms. The molecule has 0 aliphatic carbocycles. The summed E-state index contributed by atoms with van der Waals surface area (Å²) in [6, 6.07) is 4.44. The van der Waals surface area contributed by atoms with E-state index in [1.807, 2.05) is 0 Å². The fourth-order valence-electron chi connectivity index (χ4n) is 3.37. The fourth-order valence-corrected chi connectivity index (χ4v) is 3.37. The maximum Gasteiger partial charge on any atom is 0.128 e. The summed E-state index contributed by atoms with van der Waals surface area (Å²) >= 11 is 0. The Morgan fingerprint density at radius 2 is 1.81 bits per heavy atom. The van der Waals surface area contributed by atoms with Crippen molar-refractivity contribution in [2.75, 3.05) is 24.5 Å². The monoisotopic (exact) mass is 289 g/mol. The first-order chi connectivity index (χ1) is 10.1. The van der Waals surface area contributed by atoms with Crippen LogP contribution in [0.25, 0.3) is 0 Å². The first-order valence-electron chi connectivity index (χ1n) is 8.56. The average Bonchev–Trinajstić information content (AvgIpc) is 2.54. The van der Waals surface area contributed by atoms with Gasteiger partial charge in [0, 0.05) is 25.3 Å². The van der Waals surface area contributed by atoms with Crippen LogP contribution in [0, 0.1) is 12.3 Å². The number of aromatic nitrogens is 1. The van der Waals surface area contributed by atoms with E-state index in [2.05, 4.69) is 50.0 Å². The third-order valence-corrected chi connectivity index (χ3v) is 5.39. The lowest BCUT2D eigenvalue weighted by atomic mass is 9.74. The number of hydrogen-bond acceptors (Lipinski definition) is 3. The van der Waals surface area contributed by atoms with Gasteiger partial charge < -0.3 is 10.2 Å². The molecule has 2 rings (SSSR count). The van der Waals surface area contributed by atoms with Crippen molar-refractivity contribution in [2.24, 2.45) is 5.41 Å². The van der Waals surface area contributed by atoms with Crippen molar-refractivity contribution in [1.82, 2.24) is 10.3 Å².